The monoisotopic (exact) mass is 256 g/mol. The Labute approximate surface area is 116 Å². The molecule has 0 spiro atoms. The first kappa shape index (κ1) is 13.9. The van der Waals surface area contributed by atoms with Crippen molar-refractivity contribution in [1.29, 1.82) is 0 Å². The average Bonchev–Trinajstić information content (AvgIpc) is 2.89. The summed E-state index contributed by atoms with van der Waals surface area (Å²) in [6.45, 7) is 7.60. The number of benzene rings is 1. The van der Waals surface area contributed by atoms with E-state index >= 15 is 0 Å². The summed E-state index contributed by atoms with van der Waals surface area (Å²) in [6, 6.07) is 13.5. The van der Waals surface area contributed by atoms with E-state index in [9.17, 15) is 0 Å². The predicted octanol–water partition coefficient (Wildman–Crippen LogP) is 4.06. The zero-order valence-corrected chi connectivity index (χ0v) is 12.1. The Balaban J connectivity index is 1.90. The van der Waals surface area contributed by atoms with Crippen LogP contribution in [0.2, 0.25) is 0 Å². The van der Waals surface area contributed by atoms with E-state index in [0.717, 1.165) is 13.0 Å². The third-order valence-electron chi connectivity index (χ3n) is 3.38. The van der Waals surface area contributed by atoms with Crippen LogP contribution in [0.3, 0.4) is 0 Å². The maximum absolute atomic E-state index is 3.53. The van der Waals surface area contributed by atoms with Crippen molar-refractivity contribution in [3.63, 3.8) is 0 Å². The maximum Gasteiger partial charge on any atom is 0.0362 e. The van der Waals surface area contributed by atoms with Gasteiger partial charge >= 0.3 is 0 Å². The standard InChI is InChI=1S/C17H24N2/c1-13(2)11-15-6-8-16(9-7-15)14(3)19-12-17-5-4-10-18-17/h4-10,13-14,18-19H,11-12H2,1-3H3. The lowest BCUT2D eigenvalue weighted by molar-refractivity contribution is 0.568. The zero-order valence-electron chi connectivity index (χ0n) is 12.1. The molecule has 2 rings (SSSR count). The molecule has 0 fully saturated rings. The number of rotatable bonds is 6. The van der Waals surface area contributed by atoms with Gasteiger partial charge in [-0.3, -0.25) is 0 Å². The van der Waals surface area contributed by atoms with Gasteiger partial charge in [-0.1, -0.05) is 38.1 Å². The SMILES string of the molecule is CC(C)Cc1ccc(C(C)NCc2ccc[nH]2)cc1. The van der Waals surface area contributed by atoms with Crippen molar-refractivity contribution >= 4 is 0 Å². The Hall–Kier alpha value is -1.54. The molecule has 1 heterocycles. The zero-order chi connectivity index (χ0) is 13.7. The summed E-state index contributed by atoms with van der Waals surface area (Å²) in [5.41, 5.74) is 4.00. The van der Waals surface area contributed by atoms with Crippen LogP contribution in [0.4, 0.5) is 0 Å². The maximum atomic E-state index is 3.53. The van der Waals surface area contributed by atoms with Crippen molar-refractivity contribution in [3.05, 3.63) is 59.4 Å². The molecule has 0 aliphatic carbocycles. The van der Waals surface area contributed by atoms with Crippen LogP contribution in [0.5, 0.6) is 0 Å². The quantitative estimate of drug-likeness (QED) is 0.801. The van der Waals surface area contributed by atoms with E-state index in [-0.39, 0.29) is 0 Å². The summed E-state index contributed by atoms with van der Waals surface area (Å²) in [5, 5.41) is 3.53. The second-order valence-corrected chi connectivity index (χ2v) is 5.64. The molecule has 1 aromatic heterocycles. The molecular weight excluding hydrogens is 232 g/mol. The van der Waals surface area contributed by atoms with Gasteiger partial charge in [0.05, 0.1) is 0 Å². The van der Waals surface area contributed by atoms with Crippen LogP contribution < -0.4 is 5.32 Å². The highest BCUT2D eigenvalue weighted by atomic mass is 14.9. The van der Waals surface area contributed by atoms with Crippen LogP contribution >= 0.6 is 0 Å². The van der Waals surface area contributed by atoms with E-state index in [0.29, 0.717) is 12.0 Å². The smallest absolute Gasteiger partial charge is 0.0362 e. The Kier molecular flexibility index (Phi) is 4.80. The molecule has 2 aromatic rings. The van der Waals surface area contributed by atoms with Crippen LogP contribution in [0.15, 0.2) is 42.6 Å². The molecule has 0 radical (unpaired) electrons. The third-order valence-corrected chi connectivity index (χ3v) is 3.38. The highest BCUT2D eigenvalue weighted by Gasteiger charge is 2.05. The van der Waals surface area contributed by atoms with Gasteiger partial charge in [0.1, 0.15) is 0 Å². The van der Waals surface area contributed by atoms with Gasteiger partial charge in [-0.25, -0.2) is 0 Å². The van der Waals surface area contributed by atoms with Gasteiger partial charge < -0.3 is 10.3 Å². The predicted molar refractivity (Wildman–Crippen MR) is 81.0 cm³/mol. The number of nitrogens with one attached hydrogen (secondary N) is 2. The van der Waals surface area contributed by atoms with Gasteiger partial charge in [-0.2, -0.15) is 0 Å². The highest BCUT2D eigenvalue weighted by Crippen LogP contribution is 2.16. The van der Waals surface area contributed by atoms with Crippen molar-refractivity contribution in [2.24, 2.45) is 5.92 Å². The molecular formula is C17H24N2. The van der Waals surface area contributed by atoms with Crippen molar-refractivity contribution in [1.82, 2.24) is 10.3 Å². The molecule has 1 atom stereocenters. The molecule has 2 nitrogen and oxygen atoms in total. The first-order valence-corrected chi connectivity index (χ1v) is 7.09. The Morgan fingerprint density at radius 3 is 2.37 bits per heavy atom. The minimum atomic E-state index is 0.372. The minimum Gasteiger partial charge on any atom is -0.364 e. The van der Waals surface area contributed by atoms with Crippen LogP contribution in [0, 0.1) is 5.92 Å². The second-order valence-electron chi connectivity index (χ2n) is 5.64. The van der Waals surface area contributed by atoms with Crippen molar-refractivity contribution in [2.75, 3.05) is 0 Å². The van der Waals surface area contributed by atoms with E-state index in [4.69, 9.17) is 0 Å². The molecule has 0 saturated heterocycles. The van der Waals surface area contributed by atoms with E-state index in [1.165, 1.54) is 16.8 Å². The van der Waals surface area contributed by atoms with Gasteiger partial charge in [0, 0.05) is 24.5 Å². The van der Waals surface area contributed by atoms with Crippen molar-refractivity contribution in [3.8, 4) is 0 Å². The lowest BCUT2D eigenvalue weighted by Gasteiger charge is -2.14. The van der Waals surface area contributed by atoms with Crippen LogP contribution in [-0.4, -0.2) is 4.98 Å². The molecule has 102 valence electrons. The number of H-pyrrole nitrogens is 1. The molecule has 1 unspecified atom stereocenters. The first-order valence-electron chi connectivity index (χ1n) is 7.09. The van der Waals surface area contributed by atoms with Gasteiger partial charge in [-0.15, -0.1) is 0 Å². The van der Waals surface area contributed by atoms with Crippen LogP contribution in [-0.2, 0) is 13.0 Å². The molecule has 0 amide bonds. The topological polar surface area (TPSA) is 27.8 Å². The first-order chi connectivity index (χ1) is 9.15. The lowest BCUT2D eigenvalue weighted by atomic mass is 10.00. The molecule has 0 aliphatic heterocycles. The summed E-state index contributed by atoms with van der Waals surface area (Å²) >= 11 is 0. The Bertz CT molecular complexity index is 468. The van der Waals surface area contributed by atoms with Crippen molar-refractivity contribution in [2.45, 2.75) is 39.8 Å². The molecule has 2 heteroatoms. The molecule has 1 aromatic carbocycles. The number of hydrogen-bond donors (Lipinski definition) is 2. The van der Waals surface area contributed by atoms with E-state index in [1.807, 2.05) is 12.3 Å². The lowest BCUT2D eigenvalue weighted by Crippen LogP contribution is -2.18. The molecule has 0 saturated carbocycles. The van der Waals surface area contributed by atoms with Gasteiger partial charge in [0.25, 0.3) is 0 Å². The van der Waals surface area contributed by atoms with Crippen molar-refractivity contribution < 1.29 is 0 Å². The summed E-state index contributed by atoms with van der Waals surface area (Å²) in [5.74, 6) is 0.717. The van der Waals surface area contributed by atoms with E-state index < -0.39 is 0 Å². The van der Waals surface area contributed by atoms with Crippen LogP contribution in [0.25, 0.3) is 0 Å². The van der Waals surface area contributed by atoms with E-state index in [1.54, 1.807) is 0 Å². The van der Waals surface area contributed by atoms with Gasteiger partial charge in [-0.05, 0) is 42.5 Å². The van der Waals surface area contributed by atoms with Gasteiger partial charge in [0.2, 0.25) is 0 Å². The fourth-order valence-corrected chi connectivity index (χ4v) is 2.27. The summed E-state index contributed by atoms with van der Waals surface area (Å²) in [7, 11) is 0. The summed E-state index contributed by atoms with van der Waals surface area (Å²) in [4.78, 5) is 3.21. The average molecular weight is 256 g/mol. The number of hydrogen-bond acceptors (Lipinski definition) is 1. The van der Waals surface area contributed by atoms with Crippen LogP contribution in [0.1, 0.15) is 43.6 Å². The fourth-order valence-electron chi connectivity index (χ4n) is 2.27. The Morgan fingerprint density at radius 2 is 1.79 bits per heavy atom. The number of aromatic amines is 1. The van der Waals surface area contributed by atoms with Gasteiger partial charge in [0.15, 0.2) is 0 Å². The molecule has 0 aliphatic rings. The summed E-state index contributed by atoms with van der Waals surface area (Å²) in [6.07, 6.45) is 3.12. The normalized spacial score (nSPS) is 12.8. The number of aromatic nitrogens is 1. The molecule has 0 bridgehead atoms. The third kappa shape index (κ3) is 4.25. The highest BCUT2D eigenvalue weighted by molar-refractivity contribution is 5.25. The van der Waals surface area contributed by atoms with E-state index in [2.05, 4.69) is 61.4 Å². The Morgan fingerprint density at radius 1 is 1.05 bits per heavy atom. The summed E-state index contributed by atoms with van der Waals surface area (Å²) < 4.78 is 0. The second kappa shape index (κ2) is 6.58. The molecule has 19 heavy (non-hydrogen) atoms. The fraction of sp³-hybridized carbons (Fsp3) is 0.412. The minimum absolute atomic E-state index is 0.372. The molecule has 2 N–H and O–H groups in total. The largest absolute Gasteiger partial charge is 0.364 e.